The van der Waals surface area contributed by atoms with Gasteiger partial charge in [-0.2, -0.15) is 4.31 Å². The zero-order valence-corrected chi connectivity index (χ0v) is 19.1. The number of sulfonamides is 1. The number of hydrogen-bond donors (Lipinski definition) is 1. The van der Waals surface area contributed by atoms with Gasteiger partial charge in [0.15, 0.2) is 0 Å². The maximum Gasteiger partial charge on any atom is 0.262 e. The molecule has 1 aliphatic rings. The van der Waals surface area contributed by atoms with Gasteiger partial charge in [-0.05, 0) is 55.8 Å². The second kappa shape index (κ2) is 8.85. The monoisotopic (exact) mass is 435 g/mol. The number of carbonyl (C=O) groups excluding carboxylic acids is 1. The van der Waals surface area contributed by atoms with E-state index in [4.69, 9.17) is 0 Å². The van der Waals surface area contributed by atoms with E-state index in [1.54, 1.807) is 11.4 Å². The minimum absolute atomic E-state index is 0.00117. The lowest BCUT2D eigenvalue weighted by molar-refractivity contribution is 0.0940. The van der Waals surface area contributed by atoms with Gasteiger partial charge in [0.25, 0.3) is 5.91 Å². The molecule has 0 saturated carbocycles. The van der Waals surface area contributed by atoms with Crippen molar-refractivity contribution in [2.24, 2.45) is 0 Å². The van der Waals surface area contributed by atoms with E-state index in [2.05, 4.69) is 42.3 Å². The molecule has 0 aliphatic carbocycles. The van der Waals surface area contributed by atoms with Gasteiger partial charge in [-0.15, -0.1) is 11.3 Å². The van der Waals surface area contributed by atoms with Crippen molar-refractivity contribution in [1.29, 1.82) is 0 Å². The van der Waals surface area contributed by atoms with Gasteiger partial charge in [-0.1, -0.05) is 19.1 Å². The van der Waals surface area contributed by atoms with Crippen LogP contribution in [0.25, 0.3) is 0 Å². The van der Waals surface area contributed by atoms with Crippen LogP contribution in [0.1, 0.15) is 41.1 Å². The molecule has 1 saturated heterocycles. The molecule has 2 aromatic rings. The largest absolute Gasteiger partial charge is 0.369 e. The molecule has 6 nitrogen and oxygen atoms in total. The SMILES string of the molecule is CC[C@H](C)NC(=O)c1sccc1S(=O)(=O)N1CCN(c2cc(C)ccc2C)CC1. The molecule has 0 bridgehead atoms. The third-order valence-electron chi connectivity index (χ3n) is 5.39. The first-order valence-corrected chi connectivity index (χ1v) is 12.3. The van der Waals surface area contributed by atoms with Crippen LogP contribution in [0.2, 0.25) is 0 Å². The molecular weight excluding hydrogens is 406 g/mol. The molecule has 1 aromatic heterocycles. The minimum atomic E-state index is -3.70. The lowest BCUT2D eigenvalue weighted by atomic mass is 10.1. The number of benzene rings is 1. The second-order valence-electron chi connectivity index (χ2n) is 7.58. The summed E-state index contributed by atoms with van der Waals surface area (Å²) in [5.41, 5.74) is 3.54. The zero-order chi connectivity index (χ0) is 21.2. The van der Waals surface area contributed by atoms with E-state index < -0.39 is 10.0 Å². The summed E-state index contributed by atoms with van der Waals surface area (Å²) in [5, 5.41) is 4.54. The molecule has 1 N–H and O–H groups in total. The highest BCUT2D eigenvalue weighted by atomic mass is 32.2. The highest BCUT2D eigenvalue weighted by molar-refractivity contribution is 7.89. The Hall–Kier alpha value is -1.90. The number of hydrogen-bond acceptors (Lipinski definition) is 5. The van der Waals surface area contributed by atoms with Gasteiger partial charge in [0.2, 0.25) is 10.0 Å². The van der Waals surface area contributed by atoms with Crippen LogP contribution < -0.4 is 10.2 Å². The molecule has 1 aromatic carbocycles. The van der Waals surface area contributed by atoms with Gasteiger partial charge in [0, 0.05) is 37.9 Å². The third-order valence-corrected chi connectivity index (χ3v) is 8.37. The fraction of sp³-hybridized carbons (Fsp3) is 0.476. The van der Waals surface area contributed by atoms with E-state index in [0.717, 1.165) is 12.1 Å². The minimum Gasteiger partial charge on any atom is -0.369 e. The van der Waals surface area contributed by atoms with Crippen molar-refractivity contribution in [3.05, 3.63) is 45.6 Å². The molecular formula is C21H29N3O3S2. The summed E-state index contributed by atoms with van der Waals surface area (Å²) in [7, 11) is -3.70. The standard InChI is InChI=1S/C21H29N3O3S2/c1-5-17(4)22-21(25)20-19(8-13-28-20)29(26,27)24-11-9-23(10-12-24)18-14-15(2)6-7-16(18)3/h6-8,13-14,17H,5,9-12H2,1-4H3,(H,22,25)/t17-/m0/s1. The van der Waals surface area contributed by atoms with Gasteiger partial charge in [0.05, 0.1) is 0 Å². The summed E-state index contributed by atoms with van der Waals surface area (Å²) in [6.07, 6.45) is 0.791. The number of aryl methyl sites for hydroxylation is 2. The lowest BCUT2D eigenvalue weighted by Gasteiger charge is -2.36. The fourth-order valence-electron chi connectivity index (χ4n) is 3.43. The summed E-state index contributed by atoms with van der Waals surface area (Å²) >= 11 is 1.17. The number of piperazine rings is 1. The van der Waals surface area contributed by atoms with E-state index in [1.807, 2.05) is 13.8 Å². The van der Waals surface area contributed by atoms with Crippen LogP contribution in [0, 0.1) is 13.8 Å². The Kier molecular flexibility index (Phi) is 6.65. The molecule has 2 heterocycles. The second-order valence-corrected chi connectivity index (χ2v) is 10.4. The molecule has 1 fully saturated rings. The van der Waals surface area contributed by atoms with E-state index in [-0.39, 0.29) is 21.7 Å². The predicted octanol–water partition coefficient (Wildman–Crippen LogP) is 3.40. The Balaban J connectivity index is 1.75. The molecule has 1 amide bonds. The topological polar surface area (TPSA) is 69.7 Å². The smallest absolute Gasteiger partial charge is 0.262 e. The molecule has 29 heavy (non-hydrogen) atoms. The Bertz CT molecular complexity index is 977. The van der Waals surface area contributed by atoms with Crippen LogP contribution in [0.15, 0.2) is 34.5 Å². The molecule has 158 valence electrons. The Labute approximate surface area is 177 Å². The first-order chi connectivity index (χ1) is 13.7. The fourth-order valence-corrected chi connectivity index (χ4v) is 6.15. The van der Waals surface area contributed by atoms with E-state index in [1.165, 1.54) is 26.8 Å². The average Bonchev–Trinajstić information content (AvgIpc) is 3.21. The Morgan fingerprint density at radius 1 is 1.17 bits per heavy atom. The molecule has 1 atom stereocenters. The van der Waals surface area contributed by atoms with E-state index in [0.29, 0.717) is 26.2 Å². The molecule has 0 unspecified atom stereocenters. The quantitative estimate of drug-likeness (QED) is 0.755. The number of rotatable bonds is 6. The van der Waals surface area contributed by atoms with Crippen molar-refractivity contribution in [1.82, 2.24) is 9.62 Å². The van der Waals surface area contributed by atoms with Crippen LogP contribution in [0.4, 0.5) is 5.69 Å². The van der Waals surface area contributed by atoms with E-state index in [9.17, 15) is 13.2 Å². The first-order valence-electron chi connectivity index (χ1n) is 9.94. The molecule has 8 heteroatoms. The van der Waals surface area contributed by atoms with Crippen molar-refractivity contribution in [2.75, 3.05) is 31.1 Å². The van der Waals surface area contributed by atoms with Crippen molar-refractivity contribution in [3.8, 4) is 0 Å². The number of amides is 1. The van der Waals surface area contributed by atoms with Crippen molar-refractivity contribution in [2.45, 2.75) is 45.1 Å². The summed E-state index contributed by atoms with van der Waals surface area (Å²) in [5.74, 6) is -0.318. The summed E-state index contributed by atoms with van der Waals surface area (Å²) in [6, 6.07) is 7.88. The van der Waals surface area contributed by atoms with Crippen LogP contribution >= 0.6 is 11.3 Å². The maximum absolute atomic E-state index is 13.2. The number of nitrogens with one attached hydrogen (secondary N) is 1. The van der Waals surface area contributed by atoms with Crippen molar-refractivity contribution in [3.63, 3.8) is 0 Å². The Morgan fingerprint density at radius 2 is 1.86 bits per heavy atom. The third kappa shape index (κ3) is 4.65. The van der Waals surface area contributed by atoms with Gasteiger partial charge in [0.1, 0.15) is 9.77 Å². The van der Waals surface area contributed by atoms with Crippen molar-refractivity contribution >= 4 is 33.0 Å². The number of thiophene rings is 1. The Morgan fingerprint density at radius 3 is 2.52 bits per heavy atom. The van der Waals surface area contributed by atoms with Crippen LogP contribution in [-0.4, -0.2) is 50.9 Å². The van der Waals surface area contributed by atoms with Crippen LogP contribution in [0.5, 0.6) is 0 Å². The zero-order valence-electron chi connectivity index (χ0n) is 17.4. The molecule has 0 spiro atoms. The van der Waals surface area contributed by atoms with Crippen LogP contribution in [0.3, 0.4) is 0 Å². The first kappa shape index (κ1) is 21.8. The van der Waals surface area contributed by atoms with Gasteiger partial charge >= 0.3 is 0 Å². The summed E-state index contributed by atoms with van der Waals surface area (Å²) in [6.45, 7) is 10.1. The van der Waals surface area contributed by atoms with Crippen molar-refractivity contribution < 1.29 is 13.2 Å². The highest BCUT2D eigenvalue weighted by Crippen LogP contribution is 2.28. The van der Waals surface area contributed by atoms with Gasteiger partial charge < -0.3 is 10.2 Å². The maximum atomic E-state index is 13.2. The van der Waals surface area contributed by atoms with Crippen LogP contribution in [-0.2, 0) is 10.0 Å². The molecule has 0 radical (unpaired) electrons. The number of anilines is 1. The number of carbonyl (C=O) groups is 1. The molecule has 3 rings (SSSR count). The molecule has 1 aliphatic heterocycles. The number of nitrogens with zero attached hydrogens (tertiary/aromatic N) is 2. The van der Waals surface area contributed by atoms with E-state index >= 15 is 0 Å². The lowest BCUT2D eigenvalue weighted by Crippen LogP contribution is -2.49. The highest BCUT2D eigenvalue weighted by Gasteiger charge is 2.33. The summed E-state index contributed by atoms with van der Waals surface area (Å²) in [4.78, 5) is 15.2. The normalized spacial score (nSPS) is 16.6. The summed E-state index contributed by atoms with van der Waals surface area (Å²) < 4.78 is 28.0. The van der Waals surface area contributed by atoms with Gasteiger partial charge in [-0.3, -0.25) is 4.79 Å². The average molecular weight is 436 g/mol. The van der Waals surface area contributed by atoms with Gasteiger partial charge in [-0.25, -0.2) is 8.42 Å². The predicted molar refractivity (Wildman–Crippen MR) is 118 cm³/mol.